The highest BCUT2D eigenvalue weighted by Gasteiger charge is 2.11. The molecule has 0 aliphatic heterocycles. The van der Waals surface area contributed by atoms with Crippen molar-refractivity contribution in [1.29, 1.82) is 0 Å². The molecule has 19 heavy (non-hydrogen) atoms. The van der Waals surface area contributed by atoms with Crippen molar-refractivity contribution in [2.75, 3.05) is 0 Å². The molecule has 2 heteroatoms. The van der Waals surface area contributed by atoms with Crippen molar-refractivity contribution in [1.82, 2.24) is 4.98 Å². The van der Waals surface area contributed by atoms with Crippen molar-refractivity contribution < 1.29 is 5.11 Å². The van der Waals surface area contributed by atoms with E-state index in [0.29, 0.717) is 12.3 Å². The maximum absolute atomic E-state index is 10.3. The molecule has 0 aliphatic rings. The first-order valence-corrected chi connectivity index (χ1v) is 6.76. The van der Waals surface area contributed by atoms with Gasteiger partial charge < -0.3 is 5.11 Å². The van der Waals surface area contributed by atoms with E-state index >= 15 is 0 Å². The Morgan fingerprint density at radius 2 is 1.79 bits per heavy atom. The fraction of sp³-hybridized carbons (Fsp3) is 0.353. The molecule has 0 spiro atoms. The third-order valence-corrected chi connectivity index (χ3v) is 3.48. The van der Waals surface area contributed by atoms with Gasteiger partial charge in [0.15, 0.2) is 0 Å². The molecule has 0 saturated heterocycles. The molecule has 1 aromatic heterocycles. The SMILES string of the molecule is Cc1ncccc1C(O)Cc1ccc(C(C)C)cc1. The molecule has 0 fully saturated rings. The molecule has 1 unspecified atom stereocenters. The summed E-state index contributed by atoms with van der Waals surface area (Å²) in [6.45, 7) is 6.30. The molecule has 1 atom stereocenters. The molecular formula is C17H21NO. The highest BCUT2D eigenvalue weighted by molar-refractivity contribution is 5.28. The van der Waals surface area contributed by atoms with Crippen LogP contribution in [0.3, 0.4) is 0 Å². The lowest BCUT2D eigenvalue weighted by atomic mass is 9.97. The molecule has 0 saturated carbocycles. The van der Waals surface area contributed by atoms with Crippen LogP contribution >= 0.6 is 0 Å². The first kappa shape index (κ1) is 13.8. The van der Waals surface area contributed by atoms with Crippen LogP contribution in [0.4, 0.5) is 0 Å². The number of rotatable bonds is 4. The number of aliphatic hydroxyl groups excluding tert-OH is 1. The fourth-order valence-electron chi connectivity index (χ4n) is 2.22. The Morgan fingerprint density at radius 1 is 1.11 bits per heavy atom. The highest BCUT2D eigenvalue weighted by atomic mass is 16.3. The fourth-order valence-corrected chi connectivity index (χ4v) is 2.22. The number of aromatic nitrogens is 1. The van der Waals surface area contributed by atoms with E-state index in [1.807, 2.05) is 19.1 Å². The number of aryl methyl sites for hydroxylation is 1. The average Bonchev–Trinajstić information content (AvgIpc) is 2.39. The van der Waals surface area contributed by atoms with Crippen LogP contribution in [-0.2, 0) is 6.42 Å². The minimum atomic E-state index is -0.487. The Bertz CT molecular complexity index is 531. The largest absolute Gasteiger partial charge is 0.388 e. The van der Waals surface area contributed by atoms with Crippen LogP contribution in [0.15, 0.2) is 42.6 Å². The second-order valence-corrected chi connectivity index (χ2v) is 5.29. The summed E-state index contributed by atoms with van der Waals surface area (Å²) in [7, 11) is 0. The Labute approximate surface area is 115 Å². The topological polar surface area (TPSA) is 33.1 Å². The second-order valence-electron chi connectivity index (χ2n) is 5.29. The van der Waals surface area contributed by atoms with Crippen molar-refractivity contribution >= 4 is 0 Å². The van der Waals surface area contributed by atoms with Crippen LogP contribution in [0.2, 0.25) is 0 Å². The summed E-state index contributed by atoms with van der Waals surface area (Å²) in [6.07, 6.45) is 1.90. The zero-order valence-electron chi connectivity index (χ0n) is 11.8. The molecule has 0 radical (unpaired) electrons. The predicted octanol–water partition coefficient (Wildman–Crippen LogP) is 3.79. The van der Waals surface area contributed by atoms with Gasteiger partial charge >= 0.3 is 0 Å². The van der Waals surface area contributed by atoms with Crippen LogP contribution in [0.1, 0.15) is 48.3 Å². The second kappa shape index (κ2) is 5.98. The lowest BCUT2D eigenvalue weighted by Gasteiger charge is -2.13. The van der Waals surface area contributed by atoms with Crippen molar-refractivity contribution in [3.05, 3.63) is 65.0 Å². The van der Waals surface area contributed by atoms with Gasteiger partial charge in [-0.05, 0) is 30.0 Å². The molecule has 0 aliphatic carbocycles. The monoisotopic (exact) mass is 255 g/mol. The van der Waals surface area contributed by atoms with Gasteiger partial charge in [0, 0.05) is 23.9 Å². The summed E-state index contributed by atoms with van der Waals surface area (Å²) in [5, 5.41) is 10.3. The van der Waals surface area contributed by atoms with Gasteiger partial charge in [-0.25, -0.2) is 0 Å². The van der Waals surface area contributed by atoms with E-state index in [1.165, 1.54) is 5.56 Å². The predicted molar refractivity (Wildman–Crippen MR) is 78.2 cm³/mol. The van der Waals surface area contributed by atoms with E-state index < -0.39 is 6.10 Å². The van der Waals surface area contributed by atoms with Crippen LogP contribution in [0, 0.1) is 6.92 Å². The first-order chi connectivity index (χ1) is 9.08. The van der Waals surface area contributed by atoms with Gasteiger partial charge in [-0.15, -0.1) is 0 Å². The van der Waals surface area contributed by atoms with Gasteiger partial charge in [0.1, 0.15) is 0 Å². The van der Waals surface area contributed by atoms with Gasteiger partial charge in [0.25, 0.3) is 0 Å². The van der Waals surface area contributed by atoms with E-state index in [4.69, 9.17) is 0 Å². The quantitative estimate of drug-likeness (QED) is 0.901. The third-order valence-electron chi connectivity index (χ3n) is 3.48. The first-order valence-electron chi connectivity index (χ1n) is 6.76. The van der Waals surface area contributed by atoms with Gasteiger partial charge in [-0.2, -0.15) is 0 Å². The minimum Gasteiger partial charge on any atom is -0.388 e. The van der Waals surface area contributed by atoms with E-state index in [2.05, 4.69) is 43.1 Å². The molecule has 1 heterocycles. The van der Waals surface area contributed by atoms with E-state index in [-0.39, 0.29) is 0 Å². The van der Waals surface area contributed by atoms with Gasteiger partial charge in [0.2, 0.25) is 0 Å². The molecule has 2 aromatic rings. The molecular weight excluding hydrogens is 234 g/mol. The van der Waals surface area contributed by atoms with E-state index in [1.54, 1.807) is 6.20 Å². The van der Waals surface area contributed by atoms with Crippen molar-refractivity contribution in [2.45, 2.75) is 39.2 Å². The third kappa shape index (κ3) is 3.42. The molecule has 0 amide bonds. The number of nitrogens with zero attached hydrogens (tertiary/aromatic N) is 1. The maximum Gasteiger partial charge on any atom is 0.0847 e. The number of pyridine rings is 1. The summed E-state index contributed by atoms with van der Waals surface area (Å²) < 4.78 is 0. The Hall–Kier alpha value is -1.67. The smallest absolute Gasteiger partial charge is 0.0847 e. The van der Waals surface area contributed by atoms with Crippen molar-refractivity contribution in [3.63, 3.8) is 0 Å². The molecule has 0 bridgehead atoms. The Kier molecular flexibility index (Phi) is 4.33. The lowest BCUT2D eigenvalue weighted by Crippen LogP contribution is -2.05. The zero-order valence-corrected chi connectivity index (χ0v) is 11.8. The number of hydrogen-bond donors (Lipinski definition) is 1. The molecule has 100 valence electrons. The molecule has 1 N–H and O–H groups in total. The molecule has 1 aromatic carbocycles. The standard InChI is InChI=1S/C17H21NO/c1-12(2)15-8-6-14(7-9-15)11-17(19)16-5-4-10-18-13(16)3/h4-10,12,17,19H,11H2,1-3H3. The average molecular weight is 255 g/mol. The summed E-state index contributed by atoms with van der Waals surface area (Å²) in [5.74, 6) is 0.541. The van der Waals surface area contributed by atoms with Crippen molar-refractivity contribution in [2.24, 2.45) is 0 Å². The summed E-state index contributed by atoms with van der Waals surface area (Å²) in [6, 6.07) is 12.3. The lowest BCUT2D eigenvalue weighted by molar-refractivity contribution is 0.177. The van der Waals surface area contributed by atoms with Crippen LogP contribution < -0.4 is 0 Å². The van der Waals surface area contributed by atoms with E-state index in [0.717, 1.165) is 16.8 Å². The summed E-state index contributed by atoms with van der Waals surface area (Å²) in [4.78, 5) is 4.22. The van der Waals surface area contributed by atoms with Gasteiger partial charge in [-0.3, -0.25) is 4.98 Å². The number of benzene rings is 1. The number of aliphatic hydroxyl groups is 1. The molecule has 2 rings (SSSR count). The summed E-state index contributed by atoms with van der Waals surface area (Å²) >= 11 is 0. The molecule has 2 nitrogen and oxygen atoms in total. The van der Waals surface area contributed by atoms with Crippen LogP contribution in [0.5, 0.6) is 0 Å². The minimum absolute atomic E-state index is 0.487. The zero-order chi connectivity index (χ0) is 13.8. The van der Waals surface area contributed by atoms with Crippen LogP contribution in [0.25, 0.3) is 0 Å². The Balaban J connectivity index is 2.11. The summed E-state index contributed by atoms with van der Waals surface area (Å²) in [5.41, 5.74) is 4.29. The van der Waals surface area contributed by atoms with E-state index in [9.17, 15) is 5.11 Å². The maximum atomic E-state index is 10.3. The number of hydrogen-bond acceptors (Lipinski definition) is 2. The Morgan fingerprint density at radius 3 is 2.37 bits per heavy atom. The van der Waals surface area contributed by atoms with Gasteiger partial charge in [-0.1, -0.05) is 44.2 Å². The normalized spacial score (nSPS) is 12.7. The highest BCUT2D eigenvalue weighted by Crippen LogP contribution is 2.21. The van der Waals surface area contributed by atoms with Gasteiger partial charge in [0.05, 0.1) is 6.10 Å². The van der Waals surface area contributed by atoms with Crippen molar-refractivity contribution in [3.8, 4) is 0 Å². The van der Waals surface area contributed by atoms with Crippen LogP contribution in [-0.4, -0.2) is 10.1 Å².